The van der Waals surface area contributed by atoms with E-state index in [-0.39, 0.29) is 0 Å². The normalized spacial score (nSPS) is 29.7. The molecule has 2 saturated carbocycles. The van der Waals surface area contributed by atoms with Gasteiger partial charge in [-0.15, -0.1) is 0 Å². The fourth-order valence-corrected chi connectivity index (χ4v) is 3.96. The third-order valence-corrected chi connectivity index (χ3v) is 5.49. The fraction of sp³-hybridized carbons (Fsp3) is 0.833. The van der Waals surface area contributed by atoms with Crippen LogP contribution in [0.5, 0.6) is 0 Å². The molecular formula is C18H31N3. The minimum absolute atomic E-state index is 0.712. The molecular weight excluding hydrogens is 258 g/mol. The van der Waals surface area contributed by atoms with E-state index in [2.05, 4.69) is 35.0 Å². The van der Waals surface area contributed by atoms with E-state index < -0.39 is 0 Å². The van der Waals surface area contributed by atoms with Crippen molar-refractivity contribution in [1.29, 1.82) is 0 Å². The van der Waals surface area contributed by atoms with E-state index in [0.717, 1.165) is 24.4 Å². The number of hydrogen-bond donors (Lipinski definition) is 1. The molecule has 3 atom stereocenters. The number of rotatable bonds is 7. The van der Waals surface area contributed by atoms with Crippen LogP contribution in [0, 0.1) is 11.8 Å². The zero-order valence-corrected chi connectivity index (χ0v) is 13.7. The number of aryl methyl sites for hydroxylation is 1. The maximum atomic E-state index is 4.57. The molecule has 1 aromatic rings. The molecule has 1 N–H and O–H groups in total. The van der Waals surface area contributed by atoms with Crippen LogP contribution in [0.3, 0.4) is 0 Å². The Morgan fingerprint density at radius 2 is 2.10 bits per heavy atom. The topological polar surface area (TPSA) is 29.9 Å². The smallest absolute Gasteiger partial charge is 0.0492 e. The second kappa shape index (κ2) is 6.95. The van der Waals surface area contributed by atoms with Crippen LogP contribution in [0.2, 0.25) is 0 Å². The zero-order chi connectivity index (χ0) is 14.7. The molecule has 3 heteroatoms. The molecule has 118 valence electrons. The highest BCUT2D eigenvalue weighted by Gasteiger charge is 2.33. The molecule has 3 rings (SSSR count). The van der Waals surface area contributed by atoms with Gasteiger partial charge in [-0.25, -0.2) is 0 Å². The first-order chi connectivity index (χ1) is 10.3. The minimum Gasteiger partial charge on any atom is -0.314 e. The standard InChI is InChI=1S/C18H31N3/c1-3-11-21-18(9-10-20-21)17-12-14(4-2)5-6-15(17)13-19-16-7-8-16/h9-10,14-17,19H,3-8,11-13H2,1-2H3. The van der Waals surface area contributed by atoms with Gasteiger partial charge in [0, 0.05) is 30.4 Å². The van der Waals surface area contributed by atoms with Crippen molar-refractivity contribution in [2.75, 3.05) is 6.54 Å². The van der Waals surface area contributed by atoms with E-state index in [1.807, 2.05) is 6.20 Å². The fourth-order valence-electron chi connectivity index (χ4n) is 3.96. The van der Waals surface area contributed by atoms with Gasteiger partial charge in [0.1, 0.15) is 0 Å². The lowest BCUT2D eigenvalue weighted by Gasteiger charge is -2.36. The summed E-state index contributed by atoms with van der Waals surface area (Å²) in [7, 11) is 0. The molecule has 0 bridgehead atoms. The summed E-state index contributed by atoms with van der Waals surface area (Å²) in [4.78, 5) is 0. The average Bonchev–Trinajstić information content (AvgIpc) is 3.23. The zero-order valence-electron chi connectivity index (χ0n) is 13.7. The molecule has 3 nitrogen and oxygen atoms in total. The summed E-state index contributed by atoms with van der Waals surface area (Å²) in [6, 6.07) is 3.11. The molecule has 2 aliphatic rings. The molecule has 1 heterocycles. The Kier molecular flexibility index (Phi) is 4.99. The van der Waals surface area contributed by atoms with Crippen molar-refractivity contribution in [2.24, 2.45) is 11.8 Å². The minimum atomic E-state index is 0.712. The third-order valence-electron chi connectivity index (χ3n) is 5.49. The predicted octanol–water partition coefficient (Wildman–Crippen LogP) is 3.96. The van der Waals surface area contributed by atoms with Gasteiger partial charge in [-0.05, 0) is 56.6 Å². The van der Waals surface area contributed by atoms with Crippen molar-refractivity contribution < 1.29 is 0 Å². The lowest BCUT2D eigenvalue weighted by molar-refractivity contribution is 0.217. The summed E-state index contributed by atoms with van der Waals surface area (Å²) in [5.41, 5.74) is 1.50. The molecule has 0 spiro atoms. The Balaban J connectivity index is 1.72. The molecule has 0 aliphatic heterocycles. The molecule has 0 aromatic carbocycles. The number of hydrogen-bond acceptors (Lipinski definition) is 2. The van der Waals surface area contributed by atoms with Crippen LogP contribution in [0.25, 0.3) is 0 Å². The van der Waals surface area contributed by atoms with Crippen LogP contribution in [-0.2, 0) is 6.54 Å². The molecule has 0 radical (unpaired) electrons. The van der Waals surface area contributed by atoms with Gasteiger partial charge in [0.2, 0.25) is 0 Å². The Bertz CT molecular complexity index is 435. The largest absolute Gasteiger partial charge is 0.314 e. The van der Waals surface area contributed by atoms with Gasteiger partial charge in [0.25, 0.3) is 0 Å². The van der Waals surface area contributed by atoms with E-state index in [1.54, 1.807) is 0 Å². The maximum absolute atomic E-state index is 4.57. The molecule has 2 aliphatic carbocycles. The summed E-state index contributed by atoms with van der Waals surface area (Å²) in [5, 5.41) is 8.34. The van der Waals surface area contributed by atoms with Crippen molar-refractivity contribution in [1.82, 2.24) is 15.1 Å². The Morgan fingerprint density at radius 3 is 2.81 bits per heavy atom. The van der Waals surface area contributed by atoms with Crippen LogP contribution < -0.4 is 5.32 Å². The van der Waals surface area contributed by atoms with Gasteiger partial charge in [-0.1, -0.05) is 26.7 Å². The Labute approximate surface area is 129 Å². The van der Waals surface area contributed by atoms with Crippen molar-refractivity contribution in [3.8, 4) is 0 Å². The second-order valence-electron chi connectivity index (χ2n) is 7.12. The summed E-state index contributed by atoms with van der Waals surface area (Å²) >= 11 is 0. The third kappa shape index (κ3) is 3.68. The molecule has 0 saturated heterocycles. The van der Waals surface area contributed by atoms with E-state index in [9.17, 15) is 0 Å². The maximum Gasteiger partial charge on any atom is 0.0492 e. The van der Waals surface area contributed by atoms with Crippen molar-refractivity contribution in [3.63, 3.8) is 0 Å². The van der Waals surface area contributed by atoms with Crippen LogP contribution in [-0.4, -0.2) is 22.4 Å². The monoisotopic (exact) mass is 289 g/mol. The SMILES string of the molecule is CCCn1nccc1C1CC(CC)CCC1CNC1CC1. The first kappa shape index (κ1) is 15.1. The van der Waals surface area contributed by atoms with Gasteiger partial charge >= 0.3 is 0 Å². The van der Waals surface area contributed by atoms with E-state index in [1.165, 1.54) is 57.2 Å². The quantitative estimate of drug-likeness (QED) is 0.823. The van der Waals surface area contributed by atoms with Gasteiger partial charge in [0.15, 0.2) is 0 Å². The summed E-state index contributed by atoms with van der Waals surface area (Å²) in [5.74, 6) is 2.43. The van der Waals surface area contributed by atoms with Crippen molar-refractivity contribution in [2.45, 2.75) is 77.3 Å². The van der Waals surface area contributed by atoms with Crippen LogP contribution in [0.4, 0.5) is 0 Å². The molecule has 1 aromatic heterocycles. The Morgan fingerprint density at radius 1 is 1.24 bits per heavy atom. The van der Waals surface area contributed by atoms with Crippen LogP contribution >= 0.6 is 0 Å². The summed E-state index contributed by atoms with van der Waals surface area (Å²) in [6.45, 7) is 6.88. The van der Waals surface area contributed by atoms with Gasteiger partial charge < -0.3 is 5.32 Å². The number of nitrogens with zero attached hydrogens (tertiary/aromatic N) is 2. The highest BCUT2D eigenvalue weighted by molar-refractivity contribution is 5.12. The van der Waals surface area contributed by atoms with E-state index in [0.29, 0.717) is 5.92 Å². The molecule has 21 heavy (non-hydrogen) atoms. The van der Waals surface area contributed by atoms with E-state index >= 15 is 0 Å². The first-order valence-corrected chi connectivity index (χ1v) is 9.06. The summed E-state index contributed by atoms with van der Waals surface area (Å²) in [6.07, 6.45) is 11.5. The van der Waals surface area contributed by atoms with Crippen molar-refractivity contribution >= 4 is 0 Å². The average molecular weight is 289 g/mol. The lowest BCUT2D eigenvalue weighted by atomic mass is 9.71. The number of aromatic nitrogens is 2. The highest BCUT2D eigenvalue weighted by Crippen LogP contribution is 2.41. The van der Waals surface area contributed by atoms with Gasteiger partial charge in [-0.3, -0.25) is 4.68 Å². The van der Waals surface area contributed by atoms with E-state index in [4.69, 9.17) is 0 Å². The first-order valence-electron chi connectivity index (χ1n) is 9.06. The second-order valence-corrected chi connectivity index (χ2v) is 7.12. The summed E-state index contributed by atoms with van der Waals surface area (Å²) < 4.78 is 2.27. The van der Waals surface area contributed by atoms with Crippen molar-refractivity contribution in [3.05, 3.63) is 18.0 Å². The van der Waals surface area contributed by atoms with Gasteiger partial charge in [-0.2, -0.15) is 5.10 Å². The Hall–Kier alpha value is -0.830. The highest BCUT2D eigenvalue weighted by atomic mass is 15.3. The molecule has 2 fully saturated rings. The van der Waals surface area contributed by atoms with Gasteiger partial charge in [0.05, 0.1) is 0 Å². The van der Waals surface area contributed by atoms with Crippen LogP contribution in [0.15, 0.2) is 12.3 Å². The predicted molar refractivity (Wildman–Crippen MR) is 87.4 cm³/mol. The molecule has 3 unspecified atom stereocenters. The lowest BCUT2D eigenvalue weighted by Crippen LogP contribution is -2.34. The number of nitrogens with one attached hydrogen (secondary N) is 1. The van der Waals surface area contributed by atoms with Crippen LogP contribution in [0.1, 0.15) is 70.4 Å². The molecule has 0 amide bonds.